The van der Waals surface area contributed by atoms with Gasteiger partial charge in [0, 0.05) is 5.69 Å². The molecule has 1 aliphatic carbocycles. The van der Waals surface area contributed by atoms with E-state index in [0.29, 0.717) is 0 Å². The van der Waals surface area contributed by atoms with Crippen LogP contribution >= 0.6 is 0 Å². The van der Waals surface area contributed by atoms with Gasteiger partial charge in [0.05, 0.1) is 13.2 Å². The van der Waals surface area contributed by atoms with Crippen LogP contribution in [0.15, 0.2) is 23.2 Å². The van der Waals surface area contributed by atoms with Gasteiger partial charge in [0.15, 0.2) is 5.96 Å². The Kier molecular flexibility index (Phi) is 5.29. The zero-order valence-corrected chi connectivity index (χ0v) is 11.2. The first kappa shape index (κ1) is 14.7. The average molecular weight is 283 g/mol. The van der Waals surface area contributed by atoms with Gasteiger partial charge < -0.3 is 15.8 Å². The molecule has 4 nitrogen and oxygen atoms in total. The van der Waals surface area contributed by atoms with Gasteiger partial charge in [-0.15, -0.1) is 0 Å². The Morgan fingerprint density at radius 2 is 2.15 bits per heavy atom. The fraction of sp³-hybridized carbons (Fsp3) is 0.500. The predicted octanol–water partition coefficient (Wildman–Crippen LogP) is 2.18. The zero-order valence-electron chi connectivity index (χ0n) is 11.2. The van der Waals surface area contributed by atoms with Crippen LogP contribution in [-0.4, -0.2) is 32.1 Å². The molecule has 1 aromatic carbocycles. The molecule has 1 aliphatic rings. The maximum atomic E-state index is 11.8. The van der Waals surface area contributed by atoms with Crippen LogP contribution in [0.25, 0.3) is 0 Å². The summed E-state index contributed by atoms with van der Waals surface area (Å²) in [6.07, 6.45) is 0.995. The lowest BCUT2D eigenvalue weighted by molar-refractivity contribution is 0.0207. The third-order valence-electron chi connectivity index (χ3n) is 3.13. The molecule has 2 rings (SSSR count). The number of alkyl halides is 2. The van der Waals surface area contributed by atoms with Crippen molar-refractivity contribution < 1.29 is 13.5 Å². The number of fused-ring (bicyclic) bond motifs is 1. The minimum atomic E-state index is -2.44. The van der Waals surface area contributed by atoms with Crippen molar-refractivity contribution in [3.63, 3.8) is 0 Å². The second-order valence-electron chi connectivity index (χ2n) is 4.70. The van der Waals surface area contributed by atoms with E-state index in [1.807, 2.05) is 6.07 Å². The smallest absolute Gasteiger partial charge is 0.261 e. The number of ether oxygens (including phenoxy) is 1. The van der Waals surface area contributed by atoms with E-state index in [0.717, 1.165) is 18.5 Å². The second-order valence-corrected chi connectivity index (χ2v) is 4.70. The van der Waals surface area contributed by atoms with Gasteiger partial charge in [0.25, 0.3) is 6.43 Å². The highest BCUT2D eigenvalue weighted by Gasteiger charge is 2.10. The standard InChI is InChI=1S/C14H19F2N3O/c15-13(16)9-20-7-6-18-14(17)19-12-5-4-10-2-1-3-11(10)8-12/h4-5,8,13H,1-3,6-7,9H2,(H3,17,18,19). The third-order valence-corrected chi connectivity index (χ3v) is 3.13. The molecular formula is C14H19F2N3O. The zero-order chi connectivity index (χ0) is 14.4. The molecule has 0 spiro atoms. The molecule has 0 radical (unpaired) electrons. The molecule has 110 valence electrons. The fourth-order valence-electron chi connectivity index (χ4n) is 2.24. The Balaban J connectivity index is 1.77. The summed E-state index contributed by atoms with van der Waals surface area (Å²) in [5.74, 6) is 0.267. The minimum Gasteiger partial charge on any atom is -0.374 e. The van der Waals surface area contributed by atoms with E-state index < -0.39 is 13.0 Å². The normalized spacial score (nSPS) is 14.7. The summed E-state index contributed by atoms with van der Waals surface area (Å²) in [5, 5.41) is 3.00. The molecule has 0 saturated carbocycles. The molecule has 6 heteroatoms. The summed E-state index contributed by atoms with van der Waals surface area (Å²) in [7, 11) is 0. The van der Waals surface area contributed by atoms with Crippen molar-refractivity contribution in [2.24, 2.45) is 10.7 Å². The van der Waals surface area contributed by atoms with Crippen LogP contribution in [0.3, 0.4) is 0 Å². The van der Waals surface area contributed by atoms with E-state index in [4.69, 9.17) is 10.5 Å². The summed E-state index contributed by atoms with van der Waals surface area (Å²) < 4.78 is 28.4. The molecule has 1 aromatic rings. The highest BCUT2D eigenvalue weighted by atomic mass is 19.3. The molecule has 0 aliphatic heterocycles. The molecule has 0 unspecified atom stereocenters. The van der Waals surface area contributed by atoms with Crippen molar-refractivity contribution in [1.29, 1.82) is 0 Å². The number of aryl methyl sites for hydroxylation is 2. The van der Waals surface area contributed by atoms with Gasteiger partial charge >= 0.3 is 0 Å². The van der Waals surface area contributed by atoms with E-state index in [9.17, 15) is 8.78 Å². The number of hydrogen-bond donors (Lipinski definition) is 2. The van der Waals surface area contributed by atoms with Gasteiger partial charge in [-0.25, -0.2) is 8.78 Å². The molecule has 20 heavy (non-hydrogen) atoms. The monoisotopic (exact) mass is 283 g/mol. The first-order chi connectivity index (χ1) is 9.65. The largest absolute Gasteiger partial charge is 0.374 e. The Hall–Kier alpha value is -1.69. The topological polar surface area (TPSA) is 59.6 Å². The maximum absolute atomic E-state index is 11.8. The minimum absolute atomic E-state index is 0.136. The molecule has 0 amide bonds. The molecule has 0 heterocycles. The molecule has 0 saturated heterocycles. The number of nitrogens with one attached hydrogen (secondary N) is 1. The number of nitrogens with zero attached hydrogens (tertiary/aromatic N) is 1. The highest BCUT2D eigenvalue weighted by Crippen LogP contribution is 2.24. The number of guanidine groups is 1. The predicted molar refractivity (Wildman–Crippen MR) is 75.4 cm³/mol. The van der Waals surface area contributed by atoms with E-state index in [2.05, 4.69) is 22.4 Å². The van der Waals surface area contributed by atoms with Crippen LogP contribution in [0.1, 0.15) is 17.5 Å². The summed E-state index contributed by atoms with van der Waals surface area (Å²) in [6, 6.07) is 6.15. The lowest BCUT2D eigenvalue weighted by Crippen LogP contribution is -2.23. The number of anilines is 1. The van der Waals surface area contributed by atoms with Crippen molar-refractivity contribution in [3.05, 3.63) is 29.3 Å². The Morgan fingerprint density at radius 3 is 2.95 bits per heavy atom. The SMILES string of the molecule is NC(=NCCOCC(F)F)Nc1ccc2c(c1)CCC2. The average Bonchev–Trinajstić information content (AvgIpc) is 2.85. The number of nitrogens with two attached hydrogens (primary N) is 1. The van der Waals surface area contributed by atoms with Crippen molar-refractivity contribution in [3.8, 4) is 0 Å². The number of rotatable bonds is 6. The van der Waals surface area contributed by atoms with Crippen LogP contribution in [0.5, 0.6) is 0 Å². The third kappa shape index (κ3) is 4.45. The lowest BCUT2D eigenvalue weighted by Gasteiger charge is -2.08. The Bertz CT molecular complexity index is 477. The van der Waals surface area contributed by atoms with Crippen molar-refractivity contribution in [2.75, 3.05) is 25.1 Å². The van der Waals surface area contributed by atoms with Gasteiger partial charge in [-0.3, -0.25) is 4.99 Å². The van der Waals surface area contributed by atoms with E-state index >= 15 is 0 Å². The van der Waals surface area contributed by atoms with Gasteiger partial charge in [-0.2, -0.15) is 0 Å². The maximum Gasteiger partial charge on any atom is 0.261 e. The van der Waals surface area contributed by atoms with E-state index in [1.165, 1.54) is 17.5 Å². The first-order valence-corrected chi connectivity index (χ1v) is 6.70. The Morgan fingerprint density at radius 1 is 1.35 bits per heavy atom. The molecular weight excluding hydrogens is 264 g/mol. The Labute approximate surface area is 117 Å². The lowest BCUT2D eigenvalue weighted by atomic mass is 10.1. The first-order valence-electron chi connectivity index (χ1n) is 6.70. The quantitative estimate of drug-likeness (QED) is 0.478. The van der Waals surface area contributed by atoms with Crippen LogP contribution in [-0.2, 0) is 17.6 Å². The number of aliphatic imine (C=N–C) groups is 1. The highest BCUT2D eigenvalue weighted by molar-refractivity contribution is 5.92. The van der Waals surface area contributed by atoms with Crippen LogP contribution in [0, 0.1) is 0 Å². The van der Waals surface area contributed by atoms with Crippen molar-refractivity contribution in [2.45, 2.75) is 25.7 Å². The van der Waals surface area contributed by atoms with Crippen molar-refractivity contribution in [1.82, 2.24) is 0 Å². The number of halogens is 2. The van der Waals surface area contributed by atoms with Crippen LogP contribution in [0.2, 0.25) is 0 Å². The summed E-state index contributed by atoms with van der Waals surface area (Å²) in [5.41, 5.74) is 9.38. The summed E-state index contributed by atoms with van der Waals surface area (Å²) in [6.45, 7) is -0.166. The van der Waals surface area contributed by atoms with Crippen LogP contribution in [0.4, 0.5) is 14.5 Å². The van der Waals surface area contributed by atoms with Gasteiger partial charge in [0.2, 0.25) is 0 Å². The summed E-state index contributed by atoms with van der Waals surface area (Å²) in [4.78, 5) is 4.02. The van der Waals surface area contributed by atoms with Gasteiger partial charge in [-0.1, -0.05) is 6.07 Å². The molecule has 0 atom stereocenters. The molecule has 0 aromatic heterocycles. The number of benzene rings is 1. The fourth-order valence-corrected chi connectivity index (χ4v) is 2.24. The molecule has 3 N–H and O–H groups in total. The van der Waals surface area contributed by atoms with E-state index in [-0.39, 0.29) is 19.1 Å². The second kappa shape index (κ2) is 7.19. The molecule has 0 fully saturated rings. The summed E-state index contributed by atoms with van der Waals surface area (Å²) >= 11 is 0. The van der Waals surface area contributed by atoms with Crippen molar-refractivity contribution >= 4 is 11.6 Å². The van der Waals surface area contributed by atoms with Gasteiger partial charge in [0.1, 0.15) is 6.61 Å². The van der Waals surface area contributed by atoms with E-state index in [1.54, 1.807) is 0 Å². The van der Waals surface area contributed by atoms with Gasteiger partial charge in [-0.05, 0) is 42.5 Å². The van der Waals surface area contributed by atoms with Crippen LogP contribution < -0.4 is 11.1 Å². The molecule has 0 bridgehead atoms. The number of hydrogen-bond acceptors (Lipinski definition) is 2.